The van der Waals surface area contributed by atoms with Crippen LogP contribution < -0.4 is 16.0 Å². The van der Waals surface area contributed by atoms with Crippen LogP contribution in [0.15, 0.2) is 48.5 Å². The maximum Gasteiger partial charge on any atom is 0.122 e. The molecule has 0 spiro atoms. The van der Waals surface area contributed by atoms with Crippen molar-refractivity contribution in [3.8, 4) is 5.75 Å². The number of hydrazine groups is 1. The summed E-state index contributed by atoms with van der Waals surface area (Å²) < 4.78 is 5.40. The molecule has 0 aromatic heterocycles. The molecule has 3 nitrogen and oxygen atoms in total. The van der Waals surface area contributed by atoms with E-state index in [1.807, 2.05) is 18.2 Å². The first-order chi connectivity index (χ1) is 10.2. The van der Waals surface area contributed by atoms with Gasteiger partial charge in [0, 0.05) is 6.04 Å². The zero-order valence-electron chi connectivity index (χ0n) is 12.8. The molecular formula is C18H24N2O. The predicted molar refractivity (Wildman–Crippen MR) is 87.3 cm³/mol. The number of aryl methyl sites for hydroxylation is 2. The standard InChI is InChI=1S/C18H24N2O/c1-14-7-9-15(10-8-14)11-12-17(20-19)13-16-5-3-4-6-18(16)21-2/h3-10,17,20H,11-13,19H2,1-2H3. The first-order valence-electron chi connectivity index (χ1n) is 7.36. The van der Waals surface area contributed by atoms with Gasteiger partial charge in [0.05, 0.1) is 7.11 Å². The van der Waals surface area contributed by atoms with Crippen LogP contribution in [0.4, 0.5) is 0 Å². The molecule has 0 bridgehead atoms. The summed E-state index contributed by atoms with van der Waals surface area (Å²) in [6.45, 7) is 2.11. The third kappa shape index (κ3) is 4.59. The van der Waals surface area contributed by atoms with Crippen molar-refractivity contribution in [3.63, 3.8) is 0 Å². The Balaban J connectivity index is 1.95. The van der Waals surface area contributed by atoms with Crippen LogP contribution in [0.3, 0.4) is 0 Å². The molecule has 0 aliphatic heterocycles. The number of hydrogen-bond donors (Lipinski definition) is 2. The first kappa shape index (κ1) is 15.5. The van der Waals surface area contributed by atoms with Crippen molar-refractivity contribution in [2.45, 2.75) is 32.2 Å². The summed E-state index contributed by atoms with van der Waals surface area (Å²) in [5, 5.41) is 0. The molecule has 112 valence electrons. The van der Waals surface area contributed by atoms with Gasteiger partial charge < -0.3 is 4.74 Å². The lowest BCUT2D eigenvalue weighted by Gasteiger charge is -2.17. The number of methoxy groups -OCH3 is 1. The van der Waals surface area contributed by atoms with Crippen LogP contribution in [0.25, 0.3) is 0 Å². The van der Waals surface area contributed by atoms with Gasteiger partial charge in [0.1, 0.15) is 5.75 Å². The number of ether oxygens (including phenoxy) is 1. The van der Waals surface area contributed by atoms with E-state index in [4.69, 9.17) is 10.6 Å². The third-order valence-electron chi connectivity index (χ3n) is 3.80. The van der Waals surface area contributed by atoms with Crippen LogP contribution in [-0.4, -0.2) is 13.2 Å². The van der Waals surface area contributed by atoms with Gasteiger partial charge in [-0.15, -0.1) is 0 Å². The van der Waals surface area contributed by atoms with Gasteiger partial charge in [-0.3, -0.25) is 11.3 Å². The van der Waals surface area contributed by atoms with Crippen LogP contribution in [0.1, 0.15) is 23.1 Å². The van der Waals surface area contributed by atoms with Crippen LogP contribution in [0.2, 0.25) is 0 Å². The highest BCUT2D eigenvalue weighted by Gasteiger charge is 2.11. The molecule has 1 unspecified atom stereocenters. The lowest BCUT2D eigenvalue weighted by Crippen LogP contribution is -2.37. The fourth-order valence-electron chi connectivity index (χ4n) is 2.48. The molecular weight excluding hydrogens is 260 g/mol. The molecule has 2 aromatic rings. The van der Waals surface area contributed by atoms with Gasteiger partial charge in [-0.05, 0) is 43.4 Å². The van der Waals surface area contributed by atoms with Crippen molar-refractivity contribution < 1.29 is 4.74 Å². The van der Waals surface area contributed by atoms with Crippen molar-refractivity contribution in [2.75, 3.05) is 7.11 Å². The molecule has 1 atom stereocenters. The van der Waals surface area contributed by atoms with Crippen molar-refractivity contribution in [1.29, 1.82) is 0 Å². The molecule has 2 rings (SSSR count). The van der Waals surface area contributed by atoms with E-state index < -0.39 is 0 Å². The monoisotopic (exact) mass is 284 g/mol. The van der Waals surface area contributed by atoms with E-state index in [9.17, 15) is 0 Å². The zero-order chi connectivity index (χ0) is 15.1. The second-order valence-corrected chi connectivity index (χ2v) is 5.40. The molecule has 0 heterocycles. The van der Waals surface area contributed by atoms with Crippen LogP contribution in [-0.2, 0) is 12.8 Å². The average molecular weight is 284 g/mol. The maximum absolute atomic E-state index is 5.71. The molecule has 0 saturated carbocycles. The van der Waals surface area contributed by atoms with Gasteiger partial charge >= 0.3 is 0 Å². The van der Waals surface area contributed by atoms with Gasteiger partial charge in [-0.25, -0.2) is 0 Å². The normalized spacial score (nSPS) is 12.1. The first-order valence-corrected chi connectivity index (χ1v) is 7.36. The molecule has 2 aromatic carbocycles. The molecule has 3 heteroatoms. The minimum atomic E-state index is 0.239. The van der Waals surface area contributed by atoms with Crippen LogP contribution >= 0.6 is 0 Å². The van der Waals surface area contributed by atoms with Gasteiger partial charge in [0.15, 0.2) is 0 Å². The molecule has 0 aliphatic carbocycles. The third-order valence-corrected chi connectivity index (χ3v) is 3.80. The number of benzene rings is 2. The molecule has 0 fully saturated rings. The van der Waals surface area contributed by atoms with Crippen molar-refractivity contribution >= 4 is 0 Å². The highest BCUT2D eigenvalue weighted by Crippen LogP contribution is 2.20. The molecule has 21 heavy (non-hydrogen) atoms. The molecule has 0 aliphatic rings. The highest BCUT2D eigenvalue weighted by atomic mass is 16.5. The smallest absolute Gasteiger partial charge is 0.122 e. The van der Waals surface area contributed by atoms with Gasteiger partial charge in [0.2, 0.25) is 0 Å². The van der Waals surface area contributed by atoms with Crippen molar-refractivity contribution in [3.05, 3.63) is 65.2 Å². The second kappa shape index (κ2) is 7.81. The van der Waals surface area contributed by atoms with Crippen molar-refractivity contribution in [1.82, 2.24) is 5.43 Å². The summed E-state index contributed by atoms with van der Waals surface area (Å²) in [6, 6.07) is 17.0. The predicted octanol–water partition coefficient (Wildman–Crippen LogP) is 3.01. The van der Waals surface area contributed by atoms with Gasteiger partial charge in [-0.1, -0.05) is 48.0 Å². The Morgan fingerprint density at radius 2 is 1.81 bits per heavy atom. The number of hydrogen-bond acceptors (Lipinski definition) is 3. The maximum atomic E-state index is 5.71. The largest absolute Gasteiger partial charge is 0.496 e. The van der Waals surface area contributed by atoms with Crippen LogP contribution in [0.5, 0.6) is 5.75 Å². The summed E-state index contributed by atoms with van der Waals surface area (Å²) in [4.78, 5) is 0. The van der Waals surface area contributed by atoms with E-state index >= 15 is 0 Å². The Kier molecular flexibility index (Phi) is 5.78. The Labute approximate surface area is 127 Å². The fraction of sp³-hybridized carbons (Fsp3) is 0.333. The zero-order valence-corrected chi connectivity index (χ0v) is 12.8. The average Bonchev–Trinajstić information content (AvgIpc) is 2.53. The number of nitrogens with one attached hydrogen (secondary N) is 1. The number of rotatable bonds is 7. The van der Waals surface area contributed by atoms with E-state index in [1.165, 1.54) is 16.7 Å². The molecule has 0 radical (unpaired) electrons. The highest BCUT2D eigenvalue weighted by molar-refractivity contribution is 5.34. The molecule has 3 N–H and O–H groups in total. The second-order valence-electron chi connectivity index (χ2n) is 5.40. The van der Waals surface area contributed by atoms with E-state index in [1.54, 1.807) is 7.11 Å². The Morgan fingerprint density at radius 1 is 1.10 bits per heavy atom. The Hall–Kier alpha value is -1.84. The van der Waals surface area contributed by atoms with Gasteiger partial charge in [0.25, 0.3) is 0 Å². The number of para-hydroxylation sites is 1. The lowest BCUT2D eigenvalue weighted by molar-refractivity contribution is 0.403. The van der Waals surface area contributed by atoms with Crippen LogP contribution in [0, 0.1) is 6.92 Å². The summed E-state index contributed by atoms with van der Waals surface area (Å²) in [5.74, 6) is 6.63. The SMILES string of the molecule is COc1ccccc1CC(CCc1ccc(C)cc1)NN. The Bertz CT molecular complexity index is 551. The number of nitrogens with two attached hydrogens (primary N) is 1. The lowest BCUT2D eigenvalue weighted by atomic mass is 9.98. The summed E-state index contributed by atoms with van der Waals surface area (Å²) in [7, 11) is 1.70. The van der Waals surface area contributed by atoms with E-state index in [2.05, 4.69) is 42.7 Å². The fourth-order valence-corrected chi connectivity index (χ4v) is 2.48. The van der Waals surface area contributed by atoms with E-state index in [0.29, 0.717) is 0 Å². The minimum absolute atomic E-state index is 0.239. The summed E-state index contributed by atoms with van der Waals surface area (Å²) in [5.41, 5.74) is 6.76. The quantitative estimate of drug-likeness (QED) is 0.607. The van der Waals surface area contributed by atoms with E-state index in [-0.39, 0.29) is 6.04 Å². The van der Waals surface area contributed by atoms with Gasteiger partial charge in [-0.2, -0.15) is 0 Å². The molecule has 0 saturated heterocycles. The summed E-state index contributed by atoms with van der Waals surface area (Å²) in [6.07, 6.45) is 2.88. The summed E-state index contributed by atoms with van der Waals surface area (Å²) >= 11 is 0. The Morgan fingerprint density at radius 3 is 2.48 bits per heavy atom. The van der Waals surface area contributed by atoms with E-state index in [0.717, 1.165) is 25.0 Å². The topological polar surface area (TPSA) is 47.3 Å². The van der Waals surface area contributed by atoms with Crippen molar-refractivity contribution in [2.24, 2.45) is 5.84 Å². The molecule has 0 amide bonds. The minimum Gasteiger partial charge on any atom is -0.496 e.